The molecule has 2 saturated heterocycles. The number of hydrogen-bond acceptors (Lipinski definition) is 5. The standard InChI is InChI=1S/C34H38N2O3/c37-28-11-6-25(7-12-28)31-16-10-27-24-29(38)13-17-32(27)33(31)34(36-20-4-5-21-36)26-8-14-30(15-9-26)39-23-22-35-18-2-1-3-19-35/h6-17,24,34,37-38H,1-5,18-23H2. The van der Waals surface area contributed by atoms with Gasteiger partial charge in [0, 0.05) is 6.54 Å². The SMILES string of the molecule is Oc1ccc(-c2ccc3cc(O)ccc3c2C(c2ccc(OCCN3CCCCC3)cc2)N2CCCC2)cc1. The van der Waals surface area contributed by atoms with Crippen molar-refractivity contribution >= 4 is 10.8 Å². The molecule has 0 bridgehead atoms. The van der Waals surface area contributed by atoms with Crippen molar-refractivity contribution in [2.45, 2.75) is 38.1 Å². The topological polar surface area (TPSA) is 56.2 Å². The van der Waals surface area contributed by atoms with Gasteiger partial charge in [0.25, 0.3) is 0 Å². The Morgan fingerprint density at radius 3 is 2.13 bits per heavy atom. The fourth-order valence-corrected chi connectivity index (χ4v) is 6.31. The number of benzene rings is 4. The fourth-order valence-electron chi connectivity index (χ4n) is 6.31. The molecule has 202 valence electrons. The van der Waals surface area contributed by atoms with E-state index in [9.17, 15) is 10.2 Å². The quantitative estimate of drug-likeness (QED) is 0.262. The van der Waals surface area contributed by atoms with Crippen LogP contribution < -0.4 is 4.74 Å². The van der Waals surface area contributed by atoms with Crippen molar-refractivity contribution in [1.82, 2.24) is 9.80 Å². The number of piperidine rings is 1. The van der Waals surface area contributed by atoms with Gasteiger partial charge in [0.05, 0.1) is 6.04 Å². The molecule has 5 nitrogen and oxygen atoms in total. The van der Waals surface area contributed by atoms with Crippen LogP contribution in [0.4, 0.5) is 0 Å². The number of nitrogens with zero attached hydrogens (tertiary/aromatic N) is 2. The zero-order valence-corrected chi connectivity index (χ0v) is 22.6. The van der Waals surface area contributed by atoms with Crippen LogP contribution in [0.25, 0.3) is 21.9 Å². The summed E-state index contributed by atoms with van der Waals surface area (Å²) in [4.78, 5) is 5.09. The van der Waals surface area contributed by atoms with Crippen molar-refractivity contribution in [3.05, 3.63) is 90.0 Å². The van der Waals surface area contributed by atoms with Crippen LogP contribution in [0.15, 0.2) is 78.9 Å². The first-order chi connectivity index (χ1) is 19.2. The molecular weight excluding hydrogens is 484 g/mol. The minimum atomic E-state index is 0.0620. The number of rotatable bonds is 8. The van der Waals surface area contributed by atoms with E-state index in [1.807, 2.05) is 24.3 Å². The molecular formula is C34H38N2O3. The lowest BCUT2D eigenvalue weighted by Crippen LogP contribution is -2.33. The van der Waals surface area contributed by atoms with Crippen LogP contribution >= 0.6 is 0 Å². The van der Waals surface area contributed by atoms with E-state index in [1.54, 1.807) is 18.2 Å². The normalized spacial score (nSPS) is 17.4. The lowest BCUT2D eigenvalue weighted by atomic mass is 9.86. The summed E-state index contributed by atoms with van der Waals surface area (Å²) in [5, 5.41) is 22.3. The largest absolute Gasteiger partial charge is 0.508 e. The maximum atomic E-state index is 10.2. The average molecular weight is 523 g/mol. The van der Waals surface area contributed by atoms with Crippen LogP contribution in [0.2, 0.25) is 0 Å². The third-order valence-electron chi connectivity index (χ3n) is 8.32. The van der Waals surface area contributed by atoms with Crippen molar-refractivity contribution < 1.29 is 14.9 Å². The van der Waals surface area contributed by atoms with E-state index in [2.05, 4.69) is 46.2 Å². The van der Waals surface area contributed by atoms with Crippen molar-refractivity contribution in [3.63, 3.8) is 0 Å². The summed E-state index contributed by atoms with van der Waals surface area (Å²) in [6.07, 6.45) is 6.32. The Bertz CT molecular complexity index is 1390. The first kappa shape index (κ1) is 25.7. The fraction of sp³-hybridized carbons (Fsp3) is 0.353. The third kappa shape index (κ3) is 5.75. The molecule has 0 amide bonds. The van der Waals surface area contributed by atoms with Crippen LogP contribution in [-0.2, 0) is 0 Å². The van der Waals surface area contributed by atoms with Gasteiger partial charge in [0.15, 0.2) is 0 Å². The van der Waals surface area contributed by atoms with Crippen LogP contribution in [0.5, 0.6) is 17.2 Å². The number of phenols is 2. The molecule has 0 saturated carbocycles. The zero-order chi connectivity index (χ0) is 26.6. The second kappa shape index (κ2) is 11.7. The van der Waals surface area contributed by atoms with Gasteiger partial charge in [0.2, 0.25) is 0 Å². The van der Waals surface area contributed by atoms with Crippen molar-refractivity contribution in [2.24, 2.45) is 0 Å². The molecule has 4 aromatic carbocycles. The summed E-state index contributed by atoms with van der Waals surface area (Å²) >= 11 is 0. The third-order valence-corrected chi connectivity index (χ3v) is 8.32. The summed E-state index contributed by atoms with van der Waals surface area (Å²) in [6.45, 7) is 6.16. The van der Waals surface area contributed by atoms with Gasteiger partial charge >= 0.3 is 0 Å². The molecule has 2 aliphatic rings. The van der Waals surface area contributed by atoms with Crippen LogP contribution in [-0.4, -0.2) is 59.3 Å². The van der Waals surface area contributed by atoms with Gasteiger partial charge in [-0.1, -0.05) is 48.9 Å². The molecule has 0 radical (unpaired) electrons. The molecule has 4 aromatic rings. The number of ether oxygens (including phenoxy) is 1. The summed E-state index contributed by atoms with van der Waals surface area (Å²) < 4.78 is 6.16. The number of hydrogen-bond donors (Lipinski definition) is 2. The second-order valence-electron chi connectivity index (χ2n) is 10.9. The van der Waals surface area contributed by atoms with Gasteiger partial charge in [-0.3, -0.25) is 9.80 Å². The van der Waals surface area contributed by atoms with Gasteiger partial charge in [-0.15, -0.1) is 0 Å². The van der Waals surface area contributed by atoms with Crippen LogP contribution in [0, 0.1) is 0 Å². The van der Waals surface area contributed by atoms with E-state index in [1.165, 1.54) is 56.3 Å². The van der Waals surface area contributed by atoms with Gasteiger partial charge in [-0.2, -0.15) is 0 Å². The maximum Gasteiger partial charge on any atom is 0.119 e. The minimum Gasteiger partial charge on any atom is -0.508 e. The Morgan fingerprint density at radius 1 is 0.692 bits per heavy atom. The van der Waals surface area contributed by atoms with Crippen LogP contribution in [0.3, 0.4) is 0 Å². The Balaban J connectivity index is 1.36. The molecule has 5 heteroatoms. The Hall–Kier alpha value is -3.54. The van der Waals surface area contributed by atoms with E-state index < -0.39 is 0 Å². The van der Waals surface area contributed by atoms with Gasteiger partial charge in [-0.05, 0) is 121 Å². The van der Waals surface area contributed by atoms with Crippen molar-refractivity contribution in [3.8, 4) is 28.4 Å². The first-order valence-electron chi connectivity index (χ1n) is 14.4. The lowest BCUT2D eigenvalue weighted by Gasteiger charge is -2.31. The Kier molecular flexibility index (Phi) is 7.71. The predicted molar refractivity (Wildman–Crippen MR) is 158 cm³/mol. The van der Waals surface area contributed by atoms with Crippen molar-refractivity contribution in [2.75, 3.05) is 39.3 Å². The molecule has 6 rings (SSSR count). The van der Waals surface area contributed by atoms with Gasteiger partial charge < -0.3 is 14.9 Å². The maximum absolute atomic E-state index is 10.2. The molecule has 2 aliphatic heterocycles. The summed E-state index contributed by atoms with van der Waals surface area (Å²) in [5.41, 5.74) is 4.69. The highest BCUT2D eigenvalue weighted by atomic mass is 16.5. The Morgan fingerprint density at radius 2 is 1.38 bits per heavy atom. The second-order valence-corrected chi connectivity index (χ2v) is 10.9. The monoisotopic (exact) mass is 522 g/mol. The number of aromatic hydroxyl groups is 2. The van der Waals surface area contributed by atoms with Gasteiger partial charge in [-0.25, -0.2) is 0 Å². The minimum absolute atomic E-state index is 0.0620. The Labute approximate surface area is 231 Å². The number of phenolic OH excluding ortho intramolecular Hbond substituents is 2. The van der Waals surface area contributed by atoms with E-state index in [0.717, 1.165) is 47.3 Å². The smallest absolute Gasteiger partial charge is 0.119 e. The number of likely N-dealkylation sites (tertiary alicyclic amines) is 2. The molecule has 1 unspecified atom stereocenters. The summed E-state index contributed by atoms with van der Waals surface area (Å²) in [7, 11) is 0. The summed E-state index contributed by atoms with van der Waals surface area (Å²) in [6, 6.07) is 26.1. The van der Waals surface area contributed by atoms with E-state index in [0.29, 0.717) is 6.61 Å². The number of fused-ring (bicyclic) bond motifs is 1. The molecule has 2 N–H and O–H groups in total. The molecule has 2 fully saturated rings. The molecule has 0 spiro atoms. The molecule has 39 heavy (non-hydrogen) atoms. The summed E-state index contributed by atoms with van der Waals surface area (Å²) in [5.74, 6) is 1.45. The average Bonchev–Trinajstić information content (AvgIpc) is 3.50. The first-order valence-corrected chi connectivity index (χ1v) is 14.4. The molecule has 2 heterocycles. The molecule has 0 aromatic heterocycles. The highest BCUT2D eigenvalue weighted by Gasteiger charge is 2.29. The predicted octanol–water partition coefficient (Wildman–Crippen LogP) is 6.97. The van der Waals surface area contributed by atoms with Gasteiger partial charge in [0.1, 0.15) is 23.9 Å². The zero-order valence-electron chi connectivity index (χ0n) is 22.6. The van der Waals surface area contributed by atoms with E-state index >= 15 is 0 Å². The van der Waals surface area contributed by atoms with E-state index in [-0.39, 0.29) is 17.5 Å². The van der Waals surface area contributed by atoms with Crippen LogP contribution in [0.1, 0.15) is 49.3 Å². The lowest BCUT2D eigenvalue weighted by molar-refractivity contribution is 0.183. The molecule has 1 atom stereocenters. The van der Waals surface area contributed by atoms with Crippen molar-refractivity contribution in [1.29, 1.82) is 0 Å². The highest BCUT2D eigenvalue weighted by molar-refractivity contribution is 5.93. The molecule has 0 aliphatic carbocycles. The highest BCUT2D eigenvalue weighted by Crippen LogP contribution is 2.42. The van der Waals surface area contributed by atoms with E-state index in [4.69, 9.17) is 4.74 Å².